The molecule has 5 nitrogen and oxygen atoms in total. The molecule has 9 heteroatoms. The van der Waals surface area contributed by atoms with Crippen LogP contribution in [-0.2, 0) is 14.8 Å². The molecule has 1 aromatic carbocycles. The Morgan fingerprint density at radius 3 is 2.30 bits per heavy atom. The van der Waals surface area contributed by atoms with Crippen LogP contribution in [0.1, 0.15) is 13.8 Å². The third-order valence-corrected chi connectivity index (χ3v) is 4.54. The van der Waals surface area contributed by atoms with Crippen LogP contribution in [0.25, 0.3) is 0 Å². The smallest absolute Gasteiger partial charge is 0.322 e. The van der Waals surface area contributed by atoms with E-state index >= 15 is 0 Å². The van der Waals surface area contributed by atoms with Crippen LogP contribution in [0.2, 0.25) is 0 Å². The van der Waals surface area contributed by atoms with Crippen LogP contribution in [0.15, 0.2) is 21.5 Å². The van der Waals surface area contributed by atoms with Gasteiger partial charge in [0.2, 0.25) is 10.0 Å². The van der Waals surface area contributed by atoms with E-state index in [1.807, 2.05) is 4.72 Å². The van der Waals surface area contributed by atoms with Crippen molar-refractivity contribution in [1.82, 2.24) is 4.72 Å². The first kappa shape index (κ1) is 17.0. The Morgan fingerprint density at radius 1 is 1.30 bits per heavy atom. The number of carboxylic acids is 1. The van der Waals surface area contributed by atoms with Crippen molar-refractivity contribution in [1.29, 1.82) is 0 Å². The summed E-state index contributed by atoms with van der Waals surface area (Å²) in [5, 5.41) is 8.92. The van der Waals surface area contributed by atoms with E-state index in [9.17, 15) is 22.0 Å². The molecule has 0 unspecified atom stereocenters. The summed E-state index contributed by atoms with van der Waals surface area (Å²) in [4.78, 5) is 10.0. The number of rotatable bonds is 5. The predicted molar refractivity (Wildman–Crippen MR) is 70.6 cm³/mol. The second-order valence-electron chi connectivity index (χ2n) is 4.38. The highest BCUT2D eigenvalue weighted by atomic mass is 79.9. The van der Waals surface area contributed by atoms with Crippen LogP contribution < -0.4 is 4.72 Å². The predicted octanol–water partition coefficient (Wildman–Crippen LogP) is 2.11. The normalized spacial score (nSPS) is 13.5. The summed E-state index contributed by atoms with van der Waals surface area (Å²) in [5.41, 5.74) is 0. The van der Waals surface area contributed by atoms with E-state index in [0.717, 1.165) is 0 Å². The lowest BCUT2D eigenvalue weighted by molar-refractivity contribution is -0.140. The number of halogens is 3. The number of nitrogens with one attached hydrogen (secondary N) is 1. The lowest BCUT2D eigenvalue weighted by Gasteiger charge is -2.18. The number of sulfonamides is 1. The number of carbonyl (C=O) groups is 1. The molecular formula is C11H12BrF2NO4S. The van der Waals surface area contributed by atoms with Gasteiger partial charge in [0, 0.05) is 0 Å². The zero-order valence-corrected chi connectivity index (χ0v) is 12.9. The topological polar surface area (TPSA) is 83.5 Å². The van der Waals surface area contributed by atoms with Gasteiger partial charge in [-0.05, 0) is 34.0 Å². The second kappa shape index (κ2) is 6.15. The fourth-order valence-corrected chi connectivity index (χ4v) is 3.14. The minimum absolute atomic E-state index is 0.229. The fourth-order valence-electron chi connectivity index (χ4n) is 1.41. The number of carboxylic acid groups (broad SMARTS) is 1. The quantitative estimate of drug-likeness (QED) is 0.776. The molecule has 2 N–H and O–H groups in total. The number of aliphatic carboxylic acids is 1. The number of hydrogen-bond donors (Lipinski definition) is 2. The van der Waals surface area contributed by atoms with Crippen molar-refractivity contribution in [3.05, 3.63) is 28.2 Å². The Balaban J connectivity index is 3.24. The van der Waals surface area contributed by atoms with Crippen molar-refractivity contribution in [2.24, 2.45) is 5.92 Å². The Bertz CT molecular complexity index is 634. The minimum Gasteiger partial charge on any atom is -0.480 e. The third kappa shape index (κ3) is 3.74. The first-order valence-corrected chi connectivity index (χ1v) is 7.73. The summed E-state index contributed by atoms with van der Waals surface area (Å²) in [6, 6.07) is -0.290. The molecule has 1 atom stereocenters. The molecule has 0 aromatic heterocycles. The number of benzene rings is 1. The summed E-state index contributed by atoms with van der Waals surface area (Å²) in [6.45, 7) is 2.97. The van der Waals surface area contributed by atoms with Gasteiger partial charge in [0.25, 0.3) is 0 Å². The molecule has 0 bridgehead atoms. The maximum atomic E-state index is 13.6. The van der Waals surface area contributed by atoms with Gasteiger partial charge < -0.3 is 5.11 Å². The maximum absolute atomic E-state index is 13.6. The second-order valence-corrected chi connectivity index (χ2v) is 6.91. The van der Waals surface area contributed by atoms with Gasteiger partial charge in [-0.3, -0.25) is 4.79 Å². The Kier molecular flexibility index (Phi) is 5.22. The van der Waals surface area contributed by atoms with E-state index in [2.05, 4.69) is 15.9 Å². The van der Waals surface area contributed by atoms with Gasteiger partial charge in [0.05, 0.1) is 4.47 Å². The van der Waals surface area contributed by atoms with Gasteiger partial charge >= 0.3 is 5.97 Å². The number of hydrogen-bond acceptors (Lipinski definition) is 3. The molecule has 1 aromatic rings. The molecule has 1 rings (SSSR count). The molecule has 0 saturated carbocycles. The van der Waals surface area contributed by atoms with Crippen molar-refractivity contribution in [3.8, 4) is 0 Å². The van der Waals surface area contributed by atoms with Crippen LogP contribution in [0, 0.1) is 17.6 Å². The summed E-state index contributed by atoms with van der Waals surface area (Å²) in [5.74, 6) is -4.12. The van der Waals surface area contributed by atoms with Crippen molar-refractivity contribution in [2.75, 3.05) is 0 Å². The van der Waals surface area contributed by atoms with Crippen LogP contribution in [0.5, 0.6) is 0 Å². The Morgan fingerprint density at radius 2 is 1.85 bits per heavy atom. The van der Waals surface area contributed by atoms with Crippen LogP contribution >= 0.6 is 15.9 Å². The molecule has 0 spiro atoms. The van der Waals surface area contributed by atoms with E-state index in [1.165, 1.54) is 13.8 Å². The zero-order valence-electron chi connectivity index (χ0n) is 10.5. The lowest BCUT2D eigenvalue weighted by Crippen LogP contribution is -2.44. The van der Waals surface area contributed by atoms with Crippen LogP contribution in [0.3, 0.4) is 0 Å². The maximum Gasteiger partial charge on any atom is 0.322 e. The van der Waals surface area contributed by atoms with Crippen LogP contribution in [-0.4, -0.2) is 25.5 Å². The average Bonchev–Trinajstić information content (AvgIpc) is 2.30. The molecular weight excluding hydrogens is 360 g/mol. The SMILES string of the molecule is CC(C)[C@H](NS(=O)(=O)c1cc(F)c(Br)cc1F)C(=O)O. The summed E-state index contributed by atoms with van der Waals surface area (Å²) in [6.07, 6.45) is 0. The van der Waals surface area contributed by atoms with E-state index in [1.54, 1.807) is 0 Å². The summed E-state index contributed by atoms with van der Waals surface area (Å²) >= 11 is 2.72. The van der Waals surface area contributed by atoms with Crippen molar-refractivity contribution in [2.45, 2.75) is 24.8 Å². The van der Waals surface area contributed by atoms with Crippen molar-refractivity contribution < 1.29 is 27.1 Å². The Hall–Kier alpha value is -1.06. The molecule has 0 amide bonds. The molecule has 0 aliphatic rings. The standard InChI is InChI=1S/C11H12BrF2NO4S/c1-5(2)10(11(16)17)15-20(18,19)9-4-7(13)6(12)3-8(9)14/h3-5,10,15H,1-2H3,(H,16,17)/t10-/m0/s1. The van der Waals surface area contributed by atoms with E-state index in [-0.39, 0.29) is 4.47 Å². The van der Waals surface area contributed by atoms with Gasteiger partial charge in [-0.15, -0.1) is 0 Å². The Labute approximate surface area is 123 Å². The van der Waals surface area contributed by atoms with Gasteiger partial charge in [-0.1, -0.05) is 13.8 Å². The highest BCUT2D eigenvalue weighted by Crippen LogP contribution is 2.23. The highest BCUT2D eigenvalue weighted by Gasteiger charge is 2.30. The van der Waals surface area contributed by atoms with Gasteiger partial charge in [0.15, 0.2) is 0 Å². The molecule has 0 aliphatic carbocycles. The molecule has 0 fully saturated rings. The fraction of sp³-hybridized carbons (Fsp3) is 0.364. The van der Waals surface area contributed by atoms with Crippen molar-refractivity contribution >= 4 is 31.9 Å². The van der Waals surface area contributed by atoms with Gasteiger partial charge in [-0.25, -0.2) is 17.2 Å². The first-order valence-electron chi connectivity index (χ1n) is 5.46. The molecule has 0 saturated heterocycles. The van der Waals surface area contributed by atoms with Crippen molar-refractivity contribution in [3.63, 3.8) is 0 Å². The highest BCUT2D eigenvalue weighted by molar-refractivity contribution is 9.10. The monoisotopic (exact) mass is 371 g/mol. The molecule has 112 valence electrons. The molecule has 0 aliphatic heterocycles. The lowest BCUT2D eigenvalue weighted by atomic mass is 10.1. The van der Waals surface area contributed by atoms with Crippen LogP contribution in [0.4, 0.5) is 8.78 Å². The molecule has 0 heterocycles. The summed E-state index contributed by atoms with van der Waals surface area (Å²) < 4.78 is 52.4. The van der Waals surface area contributed by atoms with E-state index in [4.69, 9.17) is 5.11 Å². The summed E-state index contributed by atoms with van der Waals surface area (Å²) in [7, 11) is -4.49. The van der Waals surface area contributed by atoms with Gasteiger partial charge in [0.1, 0.15) is 22.6 Å². The largest absolute Gasteiger partial charge is 0.480 e. The molecule has 0 radical (unpaired) electrons. The van der Waals surface area contributed by atoms with E-state index in [0.29, 0.717) is 12.1 Å². The molecule has 20 heavy (non-hydrogen) atoms. The van der Waals surface area contributed by atoms with Gasteiger partial charge in [-0.2, -0.15) is 4.72 Å². The average molecular weight is 372 g/mol. The first-order chi connectivity index (χ1) is 9.06. The third-order valence-electron chi connectivity index (χ3n) is 2.48. The zero-order chi connectivity index (χ0) is 15.7. The van der Waals surface area contributed by atoms with E-state index < -0.39 is 44.5 Å². The minimum atomic E-state index is -4.49.